The van der Waals surface area contributed by atoms with Crippen LogP contribution in [0.5, 0.6) is 0 Å². The Kier molecular flexibility index (Phi) is 4.16. The van der Waals surface area contributed by atoms with Crippen molar-refractivity contribution in [2.75, 3.05) is 6.54 Å². The molecule has 0 amide bonds. The second kappa shape index (κ2) is 5.65. The van der Waals surface area contributed by atoms with Crippen molar-refractivity contribution in [3.05, 3.63) is 23.8 Å². The van der Waals surface area contributed by atoms with Crippen LogP contribution in [0.25, 0.3) is 0 Å². The van der Waals surface area contributed by atoms with Crippen molar-refractivity contribution in [1.29, 1.82) is 0 Å². The summed E-state index contributed by atoms with van der Waals surface area (Å²) in [5.74, 6) is 0.275. The van der Waals surface area contributed by atoms with Crippen molar-refractivity contribution in [2.24, 2.45) is 0 Å². The van der Waals surface area contributed by atoms with Gasteiger partial charge in [0.05, 0.1) is 0 Å². The van der Waals surface area contributed by atoms with E-state index in [1.807, 2.05) is 0 Å². The smallest absolute Gasteiger partial charge is 0.314 e. The third kappa shape index (κ3) is 3.66. The molecule has 6 heteroatoms. The third-order valence-electron chi connectivity index (χ3n) is 3.12. The number of rotatable bonds is 3. The summed E-state index contributed by atoms with van der Waals surface area (Å²) in [4.78, 5) is 7.46. The molecule has 1 N–H and O–H groups in total. The monoisotopic (exact) mass is 259 g/mol. The number of hydrogen-bond donors (Lipinski definition) is 1. The summed E-state index contributed by atoms with van der Waals surface area (Å²) in [6.45, 7) is 0.994. The molecule has 1 aromatic rings. The Morgan fingerprint density at radius 3 is 2.83 bits per heavy atom. The van der Waals surface area contributed by atoms with Gasteiger partial charge in [0.2, 0.25) is 0 Å². The van der Waals surface area contributed by atoms with Crippen LogP contribution in [0.4, 0.5) is 13.2 Å². The van der Waals surface area contributed by atoms with Gasteiger partial charge in [-0.2, -0.15) is 13.2 Å². The molecule has 2 heterocycles. The van der Waals surface area contributed by atoms with Crippen molar-refractivity contribution in [2.45, 2.75) is 44.3 Å². The van der Waals surface area contributed by atoms with Gasteiger partial charge in [-0.15, -0.1) is 0 Å². The number of aromatic nitrogens is 2. The predicted octanol–water partition coefficient (Wildman–Crippen LogP) is 2.57. The van der Waals surface area contributed by atoms with E-state index in [1.165, 1.54) is 19.0 Å². The van der Waals surface area contributed by atoms with Gasteiger partial charge < -0.3 is 5.32 Å². The molecule has 1 saturated heterocycles. The summed E-state index contributed by atoms with van der Waals surface area (Å²) in [5.41, 5.74) is -0.857. The van der Waals surface area contributed by atoms with Crippen LogP contribution in [-0.4, -0.2) is 22.6 Å². The van der Waals surface area contributed by atoms with Crippen LogP contribution in [0.15, 0.2) is 12.3 Å². The predicted molar refractivity (Wildman–Crippen MR) is 61.0 cm³/mol. The molecule has 1 fully saturated rings. The lowest BCUT2D eigenvalue weighted by Crippen LogP contribution is -2.34. The number of piperidine rings is 1. The minimum Gasteiger partial charge on any atom is -0.314 e. The third-order valence-corrected chi connectivity index (χ3v) is 3.12. The topological polar surface area (TPSA) is 37.8 Å². The molecule has 2 rings (SSSR count). The fourth-order valence-electron chi connectivity index (χ4n) is 2.15. The van der Waals surface area contributed by atoms with Gasteiger partial charge in [-0.3, -0.25) is 0 Å². The Labute approximate surface area is 104 Å². The molecule has 18 heavy (non-hydrogen) atoms. The van der Waals surface area contributed by atoms with Crippen LogP contribution < -0.4 is 5.32 Å². The largest absolute Gasteiger partial charge is 0.433 e. The normalized spacial score (nSPS) is 20.9. The summed E-state index contributed by atoms with van der Waals surface area (Å²) < 4.78 is 37.4. The zero-order chi connectivity index (χ0) is 13.0. The van der Waals surface area contributed by atoms with E-state index in [-0.39, 0.29) is 5.82 Å². The van der Waals surface area contributed by atoms with Gasteiger partial charge in [-0.1, -0.05) is 6.42 Å². The molecule has 1 atom stereocenters. The second-order valence-electron chi connectivity index (χ2n) is 4.54. The maximum Gasteiger partial charge on any atom is 0.433 e. The van der Waals surface area contributed by atoms with E-state index in [1.54, 1.807) is 0 Å². The first-order valence-electron chi connectivity index (χ1n) is 6.18. The first-order valence-corrected chi connectivity index (χ1v) is 6.18. The molecule has 1 aliphatic heterocycles. The number of nitrogens with one attached hydrogen (secondary N) is 1. The van der Waals surface area contributed by atoms with Crippen molar-refractivity contribution < 1.29 is 13.2 Å². The highest BCUT2D eigenvalue weighted by molar-refractivity contribution is 5.06. The maximum absolute atomic E-state index is 12.5. The number of nitrogens with zero attached hydrogens (tertiary/aromatic N) is 2. The van der Waals surface area contributed by atoms with Crippen LogP contribution in [0.1, 0.15) is 37.2 Å². The lowest BCUT2D eigenvalue weighted by Gasteiger charge is -2.23. The van der Waals surface area contributed by atoms with Gasteiger partial charge >= 0.3 is 6.18 Å². The highest BCUT2D eigenvalue weighted by Crippen LogP contribution is 2.27. The summed E-state index contributed by atoms with van der Waals surface area (Å²) in [6.07, 6.45) is 1.51. The van der Waals surface area contributed by atoms with Crippen LogP contribution in [0.2, 0.25) is 0 Å². The van der Waals surface area contributed by atoms with Crippen molar-refractivity contribution in [3.8, 4) is 0 Å². The second-order valence-corrected chi connectivity index (χ2v) is 4.54. The fraction of sp³-hybridized carbons (Fsp3) is 0.667. The van der Waals surface area contributed by atoms with E-state index in [2.05, 4.69) is 15.3 Å². The van der Waals surface area contributed by atoms with Gasteiger partial charge in [0.25, 0.3) is 0 Å². The Balaban J connectivity index is 1.92. The number of halogens is 3. The molecule has 0 saturated carbocycles. The molecule has 0 spiro atoms. The van der Waals surface area contributed by atoms with Crippen LogP contribution >= 0.6 is 0 Å². The maximum atomic E-state index is 12.5. The summed E-state index contributed by atoms with van der Waals surface area (Å²) in [5, 5.41) is 3.36. The highest BCUT2D eigenvalue weighted by atomic mass is 19.4. The summed E-state index contributed by atoms with van der Waals surface area (Å²) in [6, 6.07) is 1.29. The minimum absolute atomic E-state index is 0.275. The molecule has 0 aliphatic carbocycles. The van der Waals surface area contributed by atoms with E-state index in [4.69, 9.17) is 0 Å². The van der Waals surface area contributed by atoms with Crippen molar-refractivity contribution in [3.63, 3.8) is 0 Å². The van der Waals surface area contributed by atoms with E-state index < -0.39 is 11.9 Å². The van der Waals surface area contributed by atoms with Gasteiger partial charge in [0.1, 0.15) is 11.5 Å². The van der Waals surface area contributed by atoms with E-state index in [9.17, 15) is 13.2 Å². The molecule has 0 bridgehead atoms. The average Bonchev–Trinajstić information content (AvgIpc) is 2.37. The summed E-state index contributed by atoms with van der Waals surface area (Å²) in [7, 11) is 0. The number of hydrogen-bond acceptors (Lipinski definition) is 3. The van der Waals surface area contributed by atoms with E-state index in [0.29, 0.717) is 12.5 Å². The SMILES string of the molecule is FC(F)(F)c1ccnc(CCC2CCCCN2)n1. The first-order chi connectivity index (χ1) is 8.55. The minimum atomic E-state index is -4.39. The van der Waals surface area contributed by atoms with Gasteiger partial charge in [0, 0.05) is 18.7 Å². The Hall–Kier alpha value is -1.17. The van der Waals surface area contributed by atoms with Crippen molar-refractivity contribution in [1.82, 2.24) is 15.3 Å². The lowest BCUT2D eigenvalue weighted by molar-refractivity contribution is -0.141. The molecule has 100 valence electrons. The zero-order valence-corrected chi connectivity index (χ0v) is 10.0. The zero-order valence-electron chi connectivity index (χ0n) is 10.0. The van der Waals surface area contributed by atoms with Gasteiger partial charge in [-0.25, -0.2) is 9.97 Å². The van der Waals surface area contributed by atoms with Gasteiger partial charge in [-0.05, 0) is 31.9 Å². The average molecular weight is 259 g/mol. The van der Waals surface area contributed by atoms with Crippen LogP contribution in [-0.2, 0) is 12.6 Å². The molecule has 1 aromatic heterocycles. The quantitative estimate of drug-likeness (QED) is 0.906. The molecular formula is C12H16F3N3. The standard InChI is InChI=1S/C12H16F3N3/c13-12(14,15)10-6-8-17-11(18-10)5-4-9-3-1-2-7-16-9/h6,8-9,16H,1-5,7H2. The molecule has 1 aliphatic rings. The number of alkyl halides is 3. The Morgan fingerprint density at radius 1 is 1.33 bits per heavy atom. The molecular weight excluding hydrogens is 243 g/mol. The lowest BCUT2D eigenvalue weighted by atomic mass is 10.0. The van der Waals surface area contributed by atoms with E-state index in [0.717, 1.165) is 25.5 Å². The molecule has 0 aromatic carbocycles. The highest BCUT2D eigenvalue weighted by Gasteiger charge is 2.32. The summed E-state index contributed by atoms with van der Waals surface area (Å²) >= 11 is 0. The van der Waals surface area contributed by atoms with E-state index >= 15 is 0 Å². The fourth-order valence-corrected chi connectivity index (χ4v) is 2.15. The Bertz CT molecular complexity index is 386. The molecule has 1 unspecified atom stereocenters. The Morgan fingerprint density at radius 2 is 2.17 bits per heavy atom. The molecule has 3 nitrogen and oxygen atoms in total. The first kappa shape index (κ1) is 13.3. The van der Waals surface area contributed by atoms with Crippen LogP contribution in [0, 0.1) is 0 Å². The number of aryl methyl sites for hydroxylation is 1. The van der Waals surface area contributed by atoms with Gasteiger partial charge in [0.15, 0.2) is 0 Å². The van der Waals surface area contributed by atoms with Crippen LogP contribution in [0.3, 0.4) is 0 Å². The van der Waals surface area contributed by atoms with Crippen molar-refractivity contribution >= 4 is 0 Å². The molecule has 0 radical (unpaired) electrons.